The Labute approximate surface area is 125 Å². The van der Waals surface area contributed by atoms with E-state index in [-0.39, 0.29) is 17.3 Å². The van der Waals surface area contributed by atoms with Crippen LogP contribution in [0.1, 0.15) is 12.5 Å². The second-order valence-electron chi connectivity index (χ2n) is 4.58. The Balaban J connectivity index is 3.12. The Kier molecular flexibility index (Phi) is 5.90. The van der Waals surface area contributed by atoms with Crippen molar-refractivity contribution in [3.63, 3.8) is 0 Å². The molecule has 0 bridgehead atoms. The molecule has 0 aliphatic carbocycles. The number of likely N-dealkylation sites (N-methyl/N-ethyl adjacent to an activating group) is 1. The van der Waals surface area contributed by atoms with E-state index >= 15 is 0 Å². The number of carbonyl (C=O) groups is 1. The van der Waals surface area contributed by atoms with E-state index < -0.39 is 16.1 Å². The molecule has 0 saturated carbocycles. The second-order valence-corrected chi connectivity index (χ2v) is 6.26. The molecule has 0 fully saturated rings. The lowest BCUT2D eigenvalue weighted by atomic mass is 10.2. The summed E-state index contributed by atoms with van der Waals surface area (Å²) in [5.41, 5.74) is 5.65. The highest BCUT2D eigenvalue weighted by Crippen LogP contribution is 2.14. The molecular formula is C14H19N3O3S. The molecule has 1 rings (SSSR count). The topological polar surface area (TPSA) is 92.5 Å². The van der Waals surface area contributed by atoms with Crippen molar-refractivity contribution in [2.24, 2.45) is 5.73 Å². The summed E-state index contributed by atoms with van der Waals surface area (Å²) >= 11 is 0. The number of carbonyl (C=O) groups excluding carboxylic acids is 1. The summed E-state index contributed by atoms with van der Waals surface area (Å²) in [5, 5.41) is 0. The normalized spacial score (nSPS) is 12.2. The number of nitrogens with zero attached hydrogens (tertiary/aromatic N) is 1. The van der Waals surface area contributed by atoms with Crippen LogP contribution in [-0.2, 0) is 14.8 Å². The largest absolute Gasteiger partial charge is 0.347 e. The Bertz CT molecular complexity index is 672. The van der Waals surface area contributed by atoms with Crippen molar-refractivity contribution in [1.29, 1.82) is 0 Å². The minimum Gasteiger partial charge on any atom is -0.347 e. The van der Waals surface area contributed by atoms with Crippen molar-refractivity contribution < 1.29 is 13.2 Å². The predicted molar refractivity (Wildman–Crippen MR) is 80.9 cm³/mol. The van der Waals surface area contributed by atoms with Gasteiger partial charge in [-0.3, -0.25) is 4.79 Å². The summed E-state index contributed by atoms with van der Waals surface area (Å²) in [6.45, 7) is 1.63. The summed E-state index contributed by atoms with van der Waals surface area (Å²) in [5.74, 6) is 5.01. The zero-order valence-electron chi connectivity index (χ0n) is 12.3. The van der Waals surface area contributed by atoms with Gasteiger partial charge in [0.15, 0.2) is 0 Å². The molecule has 6 nitrogen and oxygen atoms in total. The molecule has 0 heterocycles. The number of hydrogen-bond acceptors (Lipinski definition) is 4. The highest BCUT2D eigenvalue weighted by atomic mass is 32.2. The maximum atomic E-state index is 12.4. The third-order valence-electron chi connectivity index (χ3n) is 2.64. The van der Waals surface area contributed by atoms with E-state index in [1.165, 1.54) is 17.9 Å². The molecule has 0 aliphatic heterocycles. The van der Waals surface area contributed by atoms with Crippen molar-refractivity contribution >= 4 is 15.9 Å². The van der Waals surface area contributed by atoms with Gasteiger partial charge in [-0.2, -0.15) is 4.72 Å². The van der Waals surface area contributed by atoms with E-state index in [0.717, 1.165) is 0 Å². The minimum absolute atomic E-state index is 0.0318. The fraction of sp³-hybridized carbons (Fsp3) is 0.357. The van der Waals surface area contributed by atoms with Crippen LogP contribution >= 0.6 is 0 Å². The summed E-state index contributed by atoms with van der Waals surface area (Å²) in [6, 6.07) is 5.46. The number of rotatable bonds is 4. The highest BCUT2D eigenvalue weighted by molar-refractivity contribution is 7.89. The van der Waals surface area contributed by atoms with Crippen LogP contribution in [0.25, 0.3) is 0 Å². The van der Waals surface area contributed by atoms with Gasteiger partial charge in [0.1, 0.15) is 0 Å². The zero-order valence-corrected chi connectivity index (χ0v) is 13.1. The maximum absolute atomic E-state index is 12.4. The molecule has 114 valence electrons. The standard InChI is InChI=1S/C14H19N3O3S/c1-11(14(18)17(2)3)16-21(19,20)13-9-5-4-7-12(13)8-6-10-15/h4-5,7,9,11,16H,10,15H2,1-3H3. The van der Waals surface area contributed by atoms with Crippen molar-refractivity contribution in [1.82, 2.24) is 9.62 Å². The smallest absolute Gasteiger partial charge is 0.242 e. The van der Waals surface area contributed by atoms with E-state index in [1.54, 1.807) is 32.3 Å². The van der Waals surface area contributed by atoms with Gasteiger partial charge in [-0.25, -0.2) is 8.42 Å². The van der Waals surface area contributed by atoms with E-state index in [4.69, 9.17) is 5.73 Å². The van der Waals surface area contributed by atoms with Gasteiger partial charge in [0, 0.05) is 19.7 Å². The first kappa shape index (κ1) is 17.2. The molecule has 1 amide bonds. The number of benzene rings is 1. The lowest BCUT2D eigenvalue weighted by Crippen LogP contribution is -2.44. The van der Waals surface area contributed by atoms with Crippen LogP contribution in [0.3, 0.4) is 0 Å². The number of nitrogens with two attached hydrogens (primary N) is 1. The molecule has 1 unspecified atom stereocenters. The van der Waals surface area contributed by atoms with Crippen LogP contribution in [0, 0.1) is 11.8 Å². The monoisotopic (exact) mass is 309 g/mol. The zero-order chi connectivity index (χ0) is 16.0. The first-order chi connectivity index (χ1) is 9.79. The molecule has 0 aromatic heterocycles. The second kappa shape index (κ2) is 7.22. The van der Waals surface area contributed by atoms with Gasteiger partial charge in [0.25, 0.3) is 0 Å². The van der Waals surface area contributed by atoms with Gasteiger partial charge in [-0.05, 0) is 19.1 Å². The molecule has 0 saturated heterocycles. The molecule has 3 N–H and O–H groups in total. The minimum atomic E-state index is -3.84. The van der Waals surface area contributed by atoms with E-state index in [2.05, 4.69) is 16.6 Å². The summed E-state index contributed by atoms with van der Waals surface area (Å²) in [6.07, 6.45) is 0. The summed E-state index contributed by atoms with van der Waals surface area (Å²) in [7, 11) is -0.713. The molecule has 21 heavy (non-hydrogen) atoms. The number of hydrogen-bond donors (Lipinski definition) is 2. The highest BCUT2D eigenvalue weighted by Gasteiger charge is 2.24. The molecule has 0 spiro atoms. The molecular weight excluding hydrogens is 290 g/mol. The number of nitrogens with one attached hydrogen (secondary N) is 1. The molecule has 0 radical (unpaired) electrons. The Morgan fingerprint density at radius 3 is 2.57 bits per heavy atom. The van der Waals surface area contributed by atoms with Crippen LogP contribution in [0.5, 0.6) is 0 Å². The van der Waals surface area contributed by atoms with E-state index in [1.807, 2.05) is 0 Å². The third-order valence-corrected chi connectivity index (χ3v) is 4.24. The van der Waals surface area contributed by atoms with Gasteiger partial charge in [-0.15, -0.1) is 0 Å². The van der Waals surface area contributed by atoms with E-state index in [9.17, 15) is 13.2 Å². The fourth-order valence-electron chi connectivity index (χ4n) is 1.68. The van der Waals surface area contributed by atoms with Crippen LogP contribution in [0.15, 0.2) is 29.2 Å². The number of sulfonamides is 1. The third kappa shape index (κ3) is 4.56. The lowest BCUT2D eigenvalue weighted by molar-refractivity contribution is -0.130. The number of amides is 1. The first-order valence-electron chi connectivity index (χ1n) is 6.31. The lowest BCUT2D eigenvalue weighted by Gasteiger charge is -2.18. The molecule has 1 aromatic carbocycles. The van der Waals surface area contributed by atoms with Crippen molar-refractivity contribution in [3.8, 4) is 11.8 Å². The average Bonchev–Trinajstić information content (AvgIpc) is 2.43. The van der Waals surface area contributed by atoms with Crippen molar-refractivity contribution in [2.75, 3.05) is 20.6 Å². The molecule has 1 atom stereocenters. The Hall–Kier alpha value is -1.88. The molecule has 0 aliphatic rings. The average molecular weight is 309 g/mol. The van der Waals surface area contributed by atoms with Gasteiger partial charge in [-0.1, -0.05) is 24.0 Å². The Morgan fingerprint density at radius 1 is 1.38 bits per heavy atom. The molecule has 1 aromatic rings. The van der Waals surface area contributed by atoms with Gasteiger partial charge in [0.2, 0.25) is 15.9 Å². The first-order valence-corrected chi connectivity index (χ1v) is 7.79. The van der Waals surface area contributed by atoms with Crippen LogP contribution in [0.2, 0.25) is 0 Å². The fourth-order valence-corrected chi connectivity index (χ4v) is 3.04. The maximum Gasteiger partial charge on any atom is 0.242 e. The van der Waals surface area contributed by atoms with Gasteiger partial charge < -0.3 is 10.6 Å². The van der Waals surface area contributed by atoms with Crippen molar-refractivity contribution in [2.45, 2.75) is 17.9 Å². The van der Waals surface area contributed by atoms with Crippen molar-refractivity contribution in [3.05, 3.63) is 29.8 Å². The molecule has 7 heteroatoms. The van der Waals surface area contributed by atoms with Crippen LogP contribution in [-0.4, -0.2) is 45.9 Å². The van der Waals surface area contributed by atoms with Gasteiger partial charge in [0.05, 0.1) is 17.5 Å². The Morgan fingerprint density at radius 2 is 2.00 bits per heavy atom. The van der Waals surface area contributed by atoms with Crippen LogP contribution < -0.4 is 10.5 Å². The SMILES string of the molecule is CC(NS(=O)(=O)c1ccccc1C#CCN)C(=O)N(C)C. The van der Waals surface area contributed by atoms with E-state index in [0.29, 0.717) is 5.56 Å². The van der Waals surface area contributed by atoms with Crippen LogP contribution in [0.4, 0.5) is 0 Å². The summed E-state index contributed by atoms with van der Waals surface area (Å²) < 4.78 is 27.1. The summed E-state index contributed by atoms with van der Waals surface area (Å²) in [4.78, 5) is 13.1. The quantitative estimate of drug-likeness (QED) is 0.750. The predicted octanol–water partition coefficient (Wildman–Crippen LogP) is -0.248. The van der Waals surface area contributed by atoms with Gasteiger partial charge >= 0.3 is 0 Å².